The van der Waals surface area contributed by atoms with Crippen LogP contribution in [0.25, 0.3) is 10.8 Å². The number of carbonyl (C=O) groups is 3. The summed E-state index contributed by atoms with van der Waals surface area (Å²) in [5, 5.41) is 7.65. The van der Waals surface area contributed by atoms with Crippen molar-refractivity contribution >= 4 is 34.5 Å². The van der Waals surface area contributed by atoms with E-state index in [4.69, 9.17) is 22.9 Å². The van der Waals surface area contributed by atoms with Crippen molar-refractivity contribution in [2.45, 2.75) is 69.5 Å². The number of primary amides is 1. The highest BCUT2D eigenvalue weighted by atomic mass is 16.2. The van der Waals surface area contributed by atoms with E-state index < -0.39 is 35.8 Å². The molecule has 0 aliphatic heterocycles. The van der Waals surface area contributed by atoms with Gasteiger partial charge in [-0.05, 0) is 41.5 Å². The van der Waals surface area contributed by atoms with Crippen LogP contribution in [0.3, 0.4) is 0 Å². The molecule has 3 atom stereocenters. The topological polar surface area (TPSA) is 192 Å². The van der Waals surface area contributed by atoms with Crippen LogP contribution in [0.5, 0.6) is 0 Å². The molecule has 1 fully saturated rings. The van der Waals surface area contributed by atoms with Crippen LogP contribution in [0, 0.1) is 5.92 Å². The molecule has 0 spiro atoms. The van der Waals surface area contributed by atoms with Crippen LogP contribution in [0.4, 0.5) is 0 Å². The Morgan fingerprint density at radius 2 is 1.59 bits per heavy atom. The van der Waals surface area contributed by atoms with E-state index >= 15 is 0 Å². The van der Waals surface area contributed by atoms with Crippen molar-refractivity contribution in [1.29, 1.82) is 0 Å². The Morgan fingerprint density at radius 1 is 0.919 bits per heavy atom. The molecule has 3 amide bonds. The van der Waals surface area contributed by atoms with E-state index in [1.807, 2.05) is 42.5 Å². The minimum Gasteiger partial charge on any atom is -0.370 e. The fourth-order valence-electron chi connectivity index (χ4n) is 4.93. The number of rotatable bonds is 13. The zero-order chi connectivity index (χ0) is 26.8. The molecule has 10 nitrogen and oxygen atoms in total. The average molecular weight is 510 g/mol. The van der Waals surface area contributed by atoms with Crippen LogP contribution in [0.2, 0.25) is 0 Å². The lowest BCUT2D eigenvalue weighted by Gasteiger charge is -2.25. The van der Waals surface area contributed by atoms with Crippen molar-refractivity contribution < 1.29 is 14.4 Å². The summed E-state index contributed by atoms with van der Waals surface area (Å²) in [7, 11) is 0. The summed E-state index contributed by atoms with van der Waals surface area (Å²) in [5.74, 6) is -1.19. The second-order valence-electron chi connectivity index (χ2n) is 9.81. The van der Waals surface area contributed by atoms with E-state index in [-0.39, 0.29) is 12.4 Å². The maximum atomic E-state index is 13.4. The van der Waals surface area contributed by atoms with Gasteiger partial charge in [-0.3, -0.25) is 19.4 Å². The van der Waals surface area contributed by atoms with Crippen LogP contribution in [-0.4, -0.2) is 48.4 Å². The lowest BCUT2D eigenvalue weighted by Crippen LogP contribution is -2.56. The van der Waals surface area contributed by atoms with Gasteiger partial charge in [0.2, 0.25) is 17.7 Å². The first-order valence-electron chi connectivity index (χ1n) is 12.9. The maximum Gasteiger partial charge on any atom is 0.243 e. The first-order chi connectivity index (χ1) is 17.7. The van der Waals surface area contributed by atoms with Crippen LogP contribution in [0.15, 0.2) is 47.5 Å². The molecule has 0 heterocycles. The lowest BCUT2D eigenvalue weighted by molar-refractivity contribution is -0.132. The minimum atomic E-state index is -0.922. The Morgan fingerprint density at radius 3 is 2.30 bits per heavy atom. The molecule has 1 aliphatic rings. The Kier molecular flexibility index (Phi) is 10.3. The number of hydrogen-bond donors (Lipinski definition) is 6. The summed E-state index contributed by atoms with van der Waals surface area (Å²) < 4.78 is 0. The fourth-order valence-corrected chi connectivity index (χ4v) is 4.93. The average Bonchev–Trinajstić information content (AvgIpc) is 3.38. The Hall–Kier alpha value is -3.66. The van der Waals surface area contributed by atoms with Gasteiger partial charge in [-0.1, -0.05) is 68.1 Å². The molecule has 0 radical (unpaired) electrons. The van der Waals surface area contributed by atoms with E-state index in [0.717, 1.165) is 42.0 Å². The van der Waals surface area contributed by atoms with E-state index in [9.17, 15) is 14.4 Å². The van der Waals surface area contributed by atoms with Crippen molar-refractivity contribution in [3.05, 3.63) is 48.0 Å². The lowest BCUT2D eigenvalue weighted by atomic mass is 9.96. The van der Waals surface area contributed by atoms with Gasteiger partial charge in [-0.15, -0.1) is 0 Å². The molecular weight excluding hydrogens is 470 g/mol. The molecule has 2 aromatic rings. The van der Waals surface area contributed by atoms with Crippen molar-refractivity contribution in [2.75, 3.05) is 6.54 Å². The van der Waals surface area contributed by atoms with Gasteiger partial charge < -0.3 is 33.6 Å². The van der Waals surface area contributed by atoms with Crippen LogP contribution in [0.1, 0.15) is 50.5 Å². The summed E-state index contributed by atoms with van der Waals surface area (Å²) >= 11 is 0. The van der Waals surface area contributed by atoms with Gasteiger partial charge in [-0.2, -0.15) is 0 Å². The van der Waals surface area contributed by atoms with Gasteiger partial charge >= 0.3 is 0 Å². The van der Waals surface area contributed by atoms with Gasteiger partial charge in [0.05, 0.1) is 6.04 Å². The van der Waals surface area contributed by atoms with E-state index in [0.29, 0.717) is 31.7 Å². The van der Waals surface area contributed by atoms with E-state index in [2.05, 4.69) is 15.6 Å². The standard InChI is InChI=1S/C27H39N7O3/c28-21(13-6-14-32-27(30)31)25(36)34-23(15-17-7-1-2-8-17)26(37)33-22(24(29)35)16-19-11-5-10-18-9-3-4-12-20(18)19/h3-5,9-12,17,21-23H,1-2,6-8,13-16,28H2,(H2,29,35)(H,33,37)(H,34,36)(H4,30,31,32)/t21-,22-,23-/m0/s1. The molecule has 1 aliphatic carbocycles. The second-order valence-corrected chi connectivity index (χ2v) is 9.81. The molecular formula is C27H39N7O3. The highest BCUT2D eigenvalue weighted by molar-refractivity contribution is 5.93. The van der Waals surface area contributed by atoms with Crippen LogP contribution in [-0.2, 0) is 20.8 Å². The first kappa shape index (κ1) is 27.9. The summed E-state index contributed by atoms with van der Waals surface area (Å²) in [5.41, 5.74) is 23.3. The monoisotopic (exact) mass is 509 g/mol. The van der Waals surface area contributed by atoms with Crippen LogP contribution >= 0.6 is 0 Å². The molecule has 0 bridgehead atoms. The number of carbonyl (C=O) groups excluding carboxylic acids is 3. The number of nitrogens with zero attached hydrogens (tertiary/aromatic N) is 1. The Bertz CT molecular complexity index is 1100. The third kappa shape index (κ3) is 8.45. The minimum absolute atomic E-state index is 0.0150. The van der Waals surface area contributed by atoms with Crippen molar-refractivity contribution in [3.63, 3.8) is 0 Å². The zero-order valence-electron chi connectivity index (χ0n) is 21.2. The molecule has 0 unspecified atom stereocenters. The molecule has 0 aromatic heterocycles. The Labute approximate surface area is 217 Å². The molecule has 3 rings (SSSR count). The highest BCUT2D eigenvalue weighted by Crippen LogP contribution is 2.29. The first-order valence-corrected chi connectivity index (χ1v) is 12.9. The molecule has 10 heteroatoms. The summed E-state index contributed by atoms with van der Waals surface area (Å²) in [6.07, 6.45) is 5.82. The summed E-state index contributed by atoms with van der Waals surface area (Å²) in [4.78, 5) is 42.4. The van der Waals surface area contributed by atoms with Crippen molar-refractivity contribution in [2.24, 2.45) is 33.8 Å². The predicted octanol–water partition coefficient (Wildman–Crippen LogP) is 0.798. The number of nitrogens with one attached hydrogen (secondary N) is 2. The molecule has 1 saturated carbocycles. The predicted molar refractivity (Wildman–Crippen MR) is 145 cm³/mol. The maximum absolute atomic E-state index is 13.4. The molecule has 2 aromatic carbocycles. The number of guanidine groups is 1. The molecule has 37 heavy (non-hydrogen) atoms. The van der Waals surface area contributed by atoms with Gasteiger partial charge in [-0.25, -0.2) is 0 Å². The number of aliphatic imine (C=N–C) groups is 1. The van der Waals surface area contributed by atoms with Gasteiger partial charge in [0.25, 0.3) is 0 Å². The third-order valence-corrected chi connectivity index (χ3v) is 6.95. The fraction of sp³-hybridized carbons (Fsp3) is 0.481. The molecule has 10 N–H and O–H groups in total. The van der Waals surface area contributed by atoms with Gasteiger partial charge in [0.15, 0.2) is 5.96 Å². The number of amides is 3. The number of nitrogens with two attached hydrogens (primary N) is 4. The van der Waals surface area contributed by atoms with Gasteiger partial charge in [0, 0.05) is 13.0 Å². The number of fused-ring (bicyclic) bond motifs is 1. The summed E-state index contributed by atoms with van der Waals surface area (Å²) in [6, 6.07) is 11.1. The number of benzene rings is 2. The quantitative estimate of drug-likeness (QED) is 0.131. The molecule has 0 saturated heterocycles. The van der Waals surface area contributed by atoms with Gasteiger partial charge in [0.1, 0.15) is 12.1 Å². The largest absolute Gasteiger partial charge is 0.370 e. The Balaban J connectivity index is 1.69. The highest BCUT2D eigenvalue weighted by Gasteiger charge is 2.30. The normalized spacial score (nSPS) is 16.0. The third-order valence-electron chi connectivity index (χ3n) is 6.95. The molecule has 200 valence electrons. The van der Waals surface area contributed by atoms with Crippen molar-refractivity contribution in [1.82, 2.24) is 10.6 Å². The van der Waals surface area contributed by atoms with Crippen molar-refractivity contribution in [3.8, 4) is 0 Å². The second kappa shape index (κ2) is 13.6. The zero-order valence-corrected chi connectivity index (χ0v) is 21.2. The van der Waals surface area contributed by atoms with Crippen LogP contribution < -0.4 is 33.6 Å². The van der Waals surface area contributed by atoms with E-state index in [1.165, 1.54) is 0 Å². The van der Waals surface area contributed by atoms with E-state index in [1.54, 1.807) is 0 Å². The smallest absolute Gasteiger partial charge is 0.243 e. The SMILES string of the molecule is NC(=O)[C@H](Cc1cccc2ccccc12)NC(=O)[C@H](CC1CCCC1)NC(=O)[C@@H](N)CCCN=C(N)N. The number of hydrogen-bond acceptors (Lipinski definition) is 5. The summed E-state index contributed by atoms with van der Waals surface area (Å²) in [6.45, 7) is 0.365.